The number of hydrogen-bond donors (Lipinski definition) is 0. The van der Waals surface area contributed by atoms with Crippen LogP contribution in [0.4, 0.5) is 0 Å². The topological polar surface area (TPSA) is 77.6 Å². The molecule has 0 N–H and O–H groups in total. The average molecular weight is 630 g/mol. The Bertz CT molecular complexity index is 2580. The third kappa shape index (κ3) is 5.41. The van der Waals surface area contributed by atoms with Crippen LogP contribution in [0.2, 0.25) is 0 Å². The van der Waals surface area contributed by atoms with Gasteiger partial charge < -0.3 is 4.42 Å². The maximum atomic E-state index is 6.36. The van der Waals surface area contributed by atoms with Crippen LogP contribution in [-0.4, -0.2) is 24.9 Å². The van der Waals surface area contributed by atoms with E-state index in [0.717, 1.165) is 61.0 Å². The average Bonchev–Trinajstić information content (AvgIpc) is 3.58. The molecule has 0 aliphatic heterocycles. The molecule has 0 aliphatic carbocycles. The molecule has 0 spiro atoms. The quantitative estimate of drug-likeness (QED) is 0.182. The minimum atomic E-state index is 0.560. The molecule has 9 aromatic rings. The molecule has 0 bridgehead atoms. The van der Waals surface area contributed by atoms with Gasteiger partial charge in [-0.05, 0) is 52.6 Å². The molecule has 0 saturated carbocycles. The number of benzene rings is 6. The standard InChI is InChI=1S/C43H27N5O/c1-4-12-28(13-5-1)30-20-22-32(23-21-30)42-46-41(31-16-8-3-9-17-31)47-43(48-42)35-25-33(29-14-6-2-7-15-29)24-34(26-35)38-40-39(45-27-44-38)36-18-10-11-19-37(36)49-40/h1-27H. The summed E-state index contributed by atoms with van der Waals surface area (Å²) in [6, 6.07) is 53.3. The summed E-state index contributed by atoms with van der Waals surface area (Å²) in [5.74, 6) is 1.75. The lowest BCUT2D eigenvalue weighted by Crippen LogP contribution is -2.01. The van der Waals surface area contributed by atoms with Gasteiger partial charge in [-0.3, -0.25) is 0 Å². The molecule has 6 nitrogen and oxygen atoms in total. The first-order chi connectivity index (χ1) is 24.3. The Kier molecular flexibility index (Phi) is 7.02. The first-order valence-electron chi connectivity index (χ1n) is 16.1. The van der Waals surface area contributed by atoms with Gasteiger partial charge in [-0.25, -0.2) is 24.9 Å². The van der Waals surface area contributed by atoms with Crippen LogP contribution in [-0.2, 0) is 0 Å². The number of para-hydroxylation sites is 1. The van der Waals surface area contributed by atoms with E-state index in [1.807, 2.05) is 91.0 Å². The number of nitrogens with zero attached hydrogens (tertiary/aromatic N) is 5. The van der Waals surface area contributed by atoms with E-state index in [9.17, 15) is 0 Å². The molecule has 0 atom stereocenters. The maximum absolute atomic E-state index is 6.36. The summed E-state index contributed by atoms with van der Waals surface area (Å²) in [6.07, 6.45) is 1.60. The van der Waals surface area contributed by atoms with E-state index in [1.165, 1.54) is 0 Å². The second kappa shape index (κ2) is 12.1. The van der Waals surface area contributed by atoms with Crippen molar-refractivity contribution >= 4 is 22.1 Å². The van der Waals surface area contributed by atoms with Crippen molar-refractivity contribution in [2.24, 2.45) is 0 Å². The molecule has 0 radical (unpaired) electrons. The third-order valence-electron chi connectivity index (χ3n) is 8.65. The summed E-state index contributed by atoms with van der Waals surface area (Å²) in [5, 5.41) is 0.952. The fourth-order valence-electron chi connectivity index (χ4n) is 6.21. The van der Waals surface area contributed by atoms with Crippen molar-refractivity contribution in [3.8, 4) is 67.7 Å². The van der Waals surface area contributed by atoms with E-state index in [-0.39, 0.29) is 0 Å². The molecule has 230 valence electrons. The highest BCUT2D eigenvalue weighted by molar-refractivity contribution is 6.06. The van der Waals surface area contributed by atoms with E-state index in [0.29, 0.717) is 28.8 Å². The zero-order valence-corrected chi connectivity index (χ0v) is 26.2. The second-order valence-electron chi connectivity index (χ2n) is 11.8. The van der Waals surface area contributed by atoms with Crippen LogP contribution in [0, 0.1) is 0 Å². The Morgan fingerprint density at radius 3 is 1.51 bits per heavy atom. The summed E-state index contributed by atoms with van der Waals surface area (Å²) >= 11 is 0. The molecule has 0 amide bonds. The van der Waals surface area contributed by atoms with Crippen LogP contribution >= 0.6 is 0 Å². The lowest BCUT2D eigenvalue weighted by molar-refractivity contribution is 0.667. The third-order valence-corrected chi connectivity index (χ3v) is 8.65. The monoisotopic (exact) mass is 629 g/mol. The largest absolute Gasteiger partial charge is 0.452 e. The SMILES string of the molecule is c1ccc(-c2ccc(-c3nc(-c4ccccc4)nc(-c4cc(-c5ccccc5)cc(-c5ncnc6c5oc5ccccc56)c4)n3)cc2)cc1. The van der Waals surface area contributed by atoms with Crippen molar-refractivity contribution in [2.45, 2.75) is 0 Å². The highest BCUT2D eigenvalue weighted by Crippen LogP contribution is 2.37. The van der Waals surface area contributed by atoms with Crippen molar-refractivity contribution in [1.82, 2.24) is 24.9 Å². The Hall–Kier alpha value is -6.79. The molecule has 0 aliphatic rings. The summed E-state index contributed by atoms with van der Waals surface area (Å²) in [6.45, 7) is 0. The van der Waals surface area contributed by atoms with Crippen LogP contribution in [0.25, 0.3) is 89.7 Å². The maximum Gasteiger partial charge on any atom is 0.180 e. The predicted molar refractivity (Wildman–Crippen MR) is 195 cm³/mol. The molecular formula is C43H27N5O. The number of aromatic nitrogens is 5. The smallest absolute Gasteiger partial charge is 0.180 e. The summed E-state index contributed by atoms with van der Waals surface area (Å²) in [7, 11) is 0. The lowest BCUT2D eigenvalue weighted by atomic mass is 9.97. The van der Waals surface area contributed by atoms with E-state index in [2.05, 4.69) is 71.7 Å². The fraction of sp³-hybridized carbons (Fsp3) is 0. The van der Waals surface area contributed by atoms with Crippen LogP contribution in [0.3, 0.4) is 0 Å². The van der Waals surface area contributed by atoms with Crippen LogP contribution in [0.15, 0.2) is 168 Å². The molecule has 9 rings (SSSR count). The molecule has 3 heterocycles. The normalized spacial score (nSPS) is 11.3. The summed E-state index contributed by atoms with van der Waals surface area (Å²) in [4.78, 5) is 24.5. The molecule has 6 heteroatoms. The van der Waals surface area contributed by atoms with Crippen LogP contribution < -0.4 is 0 Å². The van der Waals surface area contributed by atoms with E-state index in [1.54, 1.807) is 6.33 Å². The molecule has 0 saturated heterocycles. The number of furan rings is 1. The number of rotatable bonds is 6. The number of hydrogen-bond acceptors (Lipinski definition) is 6. The van der Waals surface area contributed by atoms with Gasteiger partial charge in [-0.2, -0.15) is 0 Å². The Labute approximate surface area is 282 Å². The zero-order chi connectivity index (χ0) is 32.6. The predicted octanol–water partition coefficient (Wildman–Crippen LogP) is 10.6. The fourth-order valence-corrected chi connectivity index (χ4v) is 6.21. The minimum Gasteiger partial charge on any atom is -0.452 e. The van der Waals surface area contributed by atoms with E-state index >= 15 is 0 Å². The van der Waals surface area contributed by atoms with Gasteiger partial charge in [0.05, 0.1) is 0 Å². The van der Waals surface area contributed by atoms with Crippen molar-refractivity contribution in [3.05, 3.63) is 164 Å². The molecule has 49 heavy (non-hydrogen) atoms. The Morgan fingerprint density at radius 1 is 0.367 bits per heavy atom. The van der Waals surface area contributed by atoms with Crippen LogP contribution in [0.1, 0.15) is 0 Å². The highest BCUT2D eigenvalue weighted by Gasteiger charge is 2.19. The first kappa shape index (κ1) is 28.4. The number of fused-ring (bicyclic) bond motifs is 3. The molecule has 0 unspecified atom stereocenters. The molecule has 6 aromatic carbocycles. The summed E-state index contributed by atoms with van der Waals surface area (Å²) < 4.78 is 6.36. The summed E-state index contributed by atoms with van der Waals surface area (Å²) in [5.41, 5.74) is 10.8. The van der Waals surface area contributed by atoms with Crippen molar-refractivity contribution in [1.29, 1.82) is 0 Å². The van der Waals surface area contributed by atoms with Crippen LogP contribution in [0.5, 0.6) is 0 Å². The van der Waals surface area contributed by atoms with Gasteiger partial charge in [0, 0.05) is 27.6 Å². The van der Waals surface area contributed by atoms with Crippen molar-refractivity contribution in [3.63, 3.8) is 0 Å². The van der Waals surface area contributed by atoms with E-state index in [4.69, 9.17) is 24.4 Å². The first-order valence-corrected chi connectivity index (χ1v) is 16.1. The van der Waals surface area contributed by atoms with Gasteiger partial charge in [0.15, 0.2) is 23.1 Å². The second-order valence-corrected chi connectivity index (χ2v) is 11.8. The van der Waals surface area contributed by atoms with Crippen molar-refractivity contribution < 1.29 is 4.42 Å². The Balaban J connectivity index is 1.24. The van der Waals surface area contributed by atoms with Crippen molar-refractivity contribution in [2.75, 3.05) is 0 Å². The van der Waals surface area contributed by atoms with Gasteiger partial charge in [0.2, 0.25) is 0 Å². The van der Waals surface area contributed by atoms with Gasteiger partial charge in [0.1, 0.15) is 23.1 Å². The zero-order valence-electron chi connectivity index (χ0n) is 26.2. The van der Waals surface area contributed by atoms with Gasteiger partial charge >= 0.3 is 0 Å². The lowest BCUT2D eigenvalue weighted by Gasteiger charge is -2.12. The molecular weight excluding hydrogens is 603 g/mol. The minimum absolute atomic E-state index is 0.560. The molecule has 0 fully saturated rings. The highest BCUT2D eigenvalue weighted by atomic mass is 16.3. The van der Waals surface area contributed by atoms with E-state index < -0.39 is 0 Å². The van der Waals surface area contributed by atoms with Gasteiger partial charge in [-0.15, -0.1) is 0 Å². The molecule has 3 aromatic heterocycles. The van der Waals surface area contributed by atoms with Gasteiger partial charge in [0.25, 0.3) is 0 Å². The Morgan fingerprint density at radius 2 is 0.837 bits per heavy atom. The van der Waals surface area contributed by atoms with Gasteiger partial charge in [-0.1, -0.05) is 127 Å².